The van der Waals surface area contributed by atoms with E-state index >= 15 is 0 Å². The molecule has 1 aromatic heterocycles. The third kappa shape index (κ3) is 1.68. The van der Waals surface area contributed by atoms with Crippen LogP contribution in [0.1, 0.15) is 18.7 Å². The van der Waals surface area contributed by atoms with Crippen LogP contribution in [0.3, 0.4) is 0 Å². The topological polar surface area (TPSA) is 35.2 Å². The maximum Gasteiger partial charge on any atom is 0.0599 e. The van der Waals surface area contributed by atoms with E-state index in [2.05, 4.69) is 41.2 Å². The minimum absolute atomic E-state index is 0.0928. The Hall–Kier alpha value is 0.1000. The fourth-order valence-electron chi connectivity index (χ4n) is 1.93. The van der Waals surface area contributed by atoms with Crippen molar-refractivity contribution >= 4 is 27.3 Å². The highest BCUT2D eigenvalue weighted by atomic mass is 79.9. The zero-order chi connectivity index (χ0) is 11.1. The van der Waals surface area contributed by atoms with Crippen LogP contribution in [-0.4, -0.2) is 19.8 Å². The Morgan fingerprint density at radius 2 is 2.27 bits per heavy atom. The summed E-state index contributed by atoms with van der Waals surface area (Å²) in [5.41, 5.74) is 6.10. The lowest BCUT2D eigenvalue weighted by Crippen LogP contribution is -2.58. The Labute approximate surface area is 103 Å². The first-order chi connectivity index (χ1) is 7.02. The monoisotopic (exact) mass is 289 g/mol. The number of halogens is 1. The lowest BCUT2D eigenvalue weighted by molar-refractivity contribution is -0.114. The van der Waals surface area contributed by atoms with Gasteiger partial charge >= 0.3 is 0 Å². The van der Waals surface area contributed by atoms with Gasteiger partial charge in [0.25, 0.3) is 0 Å². The Balaban J connectivity index is 2.38. The molecule has 0 aromatic carbocycles. The van der Waals surface area contributed by atoms with Crippen molar-refractivity contribution < 1.29 is 4.74 Å². The molecule has 0 atom stereocenters. The van der Waals surface area contributed by atoms with Crippen LogP contribution in [0.15, 0.2) is 15.9 Å². The summed E-state index contributed by atoms with van der Waals surface area (Å²) in [6, 6.07) is 2.20. The molecule has 84 valence electrons. The number of ether oxygens (including phenoxy) is 1. The number of hydrogen-bond acceptors (Lipinski definition) is 3. The van der Waals surface area contributed by atoms with Crippen molar-refractivity contribution in [3.05, 3.63) is 20.8 Å². The highest BCUT2D eigenvalue weighted by molar-refractivity contribution is 9.10. The average Bonchev–Trinajstić information content (AvgIpc) is 2.50. The minimum Gasteiger partial charge on any atom is -0.379 e. The molecule has 2 N–H and O–H groups in total. The summed E-state index contributed by atoms with van der Waals surface area (Å²) in [5, 5.41) is 2.13. The molecule has 1 aliphatic heterocycles. The molecule has 2 rings (SSSR count). The van der Waals surface area contributed by atoms with Crippen molar-refractivity contribution in [1.82, 2.24) is 0 Å². The summed E-state index contributed by atoms with van der Waals surface area (Å²) in [7, 11) is 0. The average molecular weight is 290 g/mol. The van der Waals surface area contributed by atoms with Crippen LogP contribution in [-0.2, 0) is 10.2 Å². The normalized spacial score (nSPS) is 20.0. The summed E-state index contributed by atoms with van der Waals surface area (Å²) < 4.78 is 6.58. The van der Waals surface area contributed by atoms with Crippen LogP contribution in [0.2, 0.25) is 0 Å². The van der Waals surface area contributed by atoms with Crippen LogP contribution in [0.4, 0.5) is 0 Å². The van der Waals surface area contributed by atoms with E-state index in [0.29, 0.717) is 6.54 Å². The van der Waals surface area contributed by atoms with Gasteiger partial charge in [0.05, 0.1) is 18.6 Å². The lowest BCUT2D eigenvalue weighted by atomic mass is 9.63. The molecular weight excluding hydrogens is 274 g/mol. The summed E-state index contributed by atoms with van der Waals surface area (Å²) in [6.45, 7) is 6.73. The Morgan fingerprint density at radius 1 is 1.60 bits per heavy atom. The van der Waals surface area contributed by atoms with Gasteiger partial charge in [-0.25, -0.2) is 0 Å². The van der Waals surface area contributed by atoms with Gasteiger partial charge in [-0.2, -0.15) is 0 Å². The molecule has 2 nitrogen and oxygen atoms in total. The second-order valence-electron chi connectivity index (χ2n) is 4.79. The molecule has 0 spiro atoms. The van der Waals surface area contributed by atoms with E-state index in [-0.39, 0.29) is 10.8 Å². The second kappa shape index (κ2) is 3.84. The van der Waals surface area contributed by atoms with Crippen LogP contribution >= 0.6 is 27.3 Å². The van der Waals surface area contributed by atoms with Crippen LogP contribution in [0.25, 0.3) is 0 Å². The fraction of sp³-hybridized carbons (Fsp3) is 0.636. The van der Waals surface area contributed by atoms with Crippen molar-refractivity contribution in [3.63, 3.8) is 0 Å². The molecule has 0 radical (unpaired) electrons. The third-order valence-corrected chi connectivity index (χ3v) is 5.44. The molecule has 15 heavy (non-hydrogen) atoms. The van der Waals surface area contributed by atoms with E-state index in [9.17, 15) is 0 Å². The Bertz CT molecular complexity index is 357. The van der Waals surface area contributed by atoms with Crippen molar-refractivity contribution in [2.45, 2.75) is 19.3 Å². The molecule has 1 aromatic rings. The van der Waals surface area contributed by atoms with Crippen LogP contribution < -0.4 is 5.73 Å². The number of thiophene rings is 1. The number of nitrogens with two attached hydrogens (primary N) is 1. The Kier molecular flexibility index (Phi) is 2.97. The van der Waals surface area contributed by atoms with Gasteiger partial charge in [-0.05, 0) is 34.0 Å². The summed E-state index contributed by atoms with van der Waals surface area (Å²) >= 11 is 5.30. The van der Waals surface area contributed by atoms with Gasteiger partial charge in [0.1, 0.15) is 0 Å². The first-order valence-corrected chi connectivity index (χ1v) is 6.71. The summed E-state index contributed by atoms with van der Waals surface area (Å²) in [4.78, 5) is 1.39. The minimum atomic E-state index is 0.0928. The first kappa shape index (κ1) is 11.6. The van der Waals surface area contributed by atoms with Crippen molar-refractivity contribution in [1.29, 1.82) is 0 Å². The van der Waals surface area contributed by atoms with E-state index in [1.54, 1.807) is 11.3 Å². The highest BCUT2D eigenvalue weighted by Crippen LogP contribution is 2.49. The molecule has 0 amide bonds. The van der Waals surface area contributed by atoms with Gasteiger partial charge < -0.3 is 10.5 Å². The highest BCUT2D eigenvalue weighted by Gasteiger charge is 2.52. The molecule has 0 bridgehead atoms. The van der Waals surface area contributed by atoms with Gasteiger partial charge in [-0.15, -0.1) is 11.3 Å². The largest absolute Gasteiger partial charge is 0.379 e. The predicted molar refractivity (Wildman–Crippen MR) is 67.4 cm³/mol. The predicted octanol–water partition coefficient (Wildman–Crippen LogP) is 2.76. The zero-order valence-corrected chi connectivity index (χ0v) is 11.5. The Morgan fingerprint density at radius 3 is 2.60 bits per heavy atom. The molecule has 4 heteroatoms. The lowest BCUT2D eigenvalue weighted by Gasteiger charge is -2.51. The van der Waals surface area contributed by atoms with Crippen molar-refractivity contribution in [2.75, 3.05) is 19.8 Å². The van der Waals surface area contributed by atoms with Crippen molar-refractivity contribution in [3.8, 4) is 0 Å². The molecular formula is C11H16BrNOS. The van der Waals surface area contributed by atoms with E-state index in [4.69, 9.17) is 10.5 Å². The molecule has 0 saturated carbocycles. The molecule has 0 unspecified atom stereocenters. The van der Waals surface area contributed by atoms with E-state index in [1.807, 2.05) is 0 Å². The van der Waals surface area contributed by atoms with E-state index in [1.165, 1.54) is 4.88 Å². The van der Waals surface area contributed by atoms with Crippen LogP contribution in [0.5, 0.6) is 0 Å². The van der Waals surface area contributed by atoms with Gasteiger partial charge in [0, 0.05) is 14.7 Å². The summed E-state index contributed by atoms with van der Waals surface area (Å²) in [5.74, 6) is 0. The first-order valence-electron chi connectivity index (χ1n) is 5.04. The maximum atomic E-state index is 5.88. The molecule has 2 heterocycles. The summed E-state index contributed by atoms with van der Waals surface area (Å²) in [6.07, 6.45) is 0. The third-order valence-electron chi connectivity index (χ3n) is 3.54. The van der Waals surface area contributed by atoms with Crippen LogP contribution in [0, 0.1) is 5.41 Å². The number of rotatable bonds is 3. The number of hydrogen-bond donors (Lipinski definition) is 1. The van der Waals surface area contributed by atoms with Crippen molar-refractivity contribution in [2.24, 2.45) is 11.1 Å². The van der Waals surface area contributed by atoms with E-state index < -0.39 is 0 Å². The molecule has 1 saturated heterocycles. The second-order valence-corrected chi connectivity index (χ2v) is 6.62. The van der Waals surface area contributed by atoms with E-state index in [0.717, 1.165) is 17.7 Å². The van der Waals surface area contributed by atoms with Gasteiger partial charge in [0.2, 0.25) is 0 Å². The SMILES string of the molecule is CC(C)(CN)C1(c2cc(Br)cs2)COC1. The van der Waals surface area contributed by atoms with Gasteiger partial charge in [-0.1, -0.05) is 13.8 Å². The quantitative estimate of drug-likeness (QED) is 0.929. The molecule has 1 fully saturated rings. The zero-order valence-electron chi connectivity index (χ0n) is 9.05. The molecule has 0 aliphatic carbocycles. The fourth-order valence-corrected chi connectivity index (χ4v) is 3.72. The standard InChI is InChI=1S/C11H16BrNOS/c1-10(2,5-13)11(6-14-7-11)9-3-8(12)4-15-9/h3-4H,5-7,13H2,1-2H3. The maximum absolute atomic E-state index is 5.88. The van der Waals surface area contributed by atoms with Gasteiger partial charge in [0.15, 0.2) is 0 Å². The molecule has 1 aliphatic rings. The van der Waals surface area contributed by atoms with Gasteiger partial charge in [-0.3, -0.25) is 0 Å². The smallest absolute Gasteiger partial charge is 0.0599 e.